The largest absolute Gasteiger partial charge is 0.457 e. The summed E-state index contributed by atoms with van der Waals surface area (Å²) in [5, 5.41) is 14.8. The Bertz CT molecular complexity index is 691. The molecule has 0 aliphatic carbocycles. The molecule has 0 radical (unpaired) electrons. The summed E-state index contributed by atoms with van der Waals surface area (Å²) in [7, 11) is 0. The highest BCUT2D eigenvalue weighted by Crippen LogP contribution is 2.15. The quantitative estimate of drug-likeness (QED) is 0.359. The van der Waals surface area contributed by atoms with E-state index in [0.29, 0.717) is 5.56 Å². The highest BCUT2D eigenvalue weighted by atomic mass is 32.2. The molecule has 2 rings (SSSR count). The number of carbonyl (C=O) groups excluding carboxylic acids is 1. The first-order chi connectivity index (χ1) is 11.1. The van der Waals surface area contributed by atoms with Crippen molar-refractivity contribution in [3.05, 3.63) is 75.3 Å². The lowest BCUT2D eigenvalue weighted by molar-refractivity contribution is -0.763. The van der Waals surface area contributed by atoms with Crippen molar-refractivity contribution in [2.24, 2.45) is 5.14 Å². The Morgan fingerprint density at radius 1 is 1.13 bits per heavy atom. The first kappa shape index (κ1) is 16.8. The summed E-state index contributed by atoms with van der Waals surface area (Å²) in [6, 6.07) is 13.7. The average Bonchev–Trinajstić information content (AvgIpc) is 2.58. The van der Waals surface area contributed by atoms with Gasteiger partial charge in [0.25, 0.3) is 5.09 Å². The molecule has 2 aromatic carbocycles. The van der Waals surface area contributed by atoms with Gasteiger partial charge in [-0.2, -0.15) is 0 Å². The van der Waals surface area contributed by atoms with Crippen molar-refractivity contribution in [3.63, 3.8) is 0 Å². The number of nitrogens with two attached hydrogens (primary N) is 1. The fourth-order valence-electron chi connectivity index (χ4n) is 1.86. The van der Waals surface area contributed by atoms with Crippen molar-refractivity contribution < 1.29 is 19.5 Å². The van der Waals surface area contributed by atoms with Crippen LogP contribution < -0.4 is 5.14 Å². The number of benzene rings is 2. The van der Waals surface area contributed by atoms with Crippen LogP contribution in [0.1, 0.15) is 21.5 Å². The van der Waals surface area contributed by atoms with E-state index < -0.39 is 11.1 Å². The Balaban J connectivity index is 2.01. The first-order valence-electron chi connectivity index (χ1n) is 6.58. The van der Waals surface area contributed by atoms with Crippen molar-refractivity contribution in [1.29, 1.82) is 0 Å². The molecule has 8 heteroatoms. The van der Waals surface area contributed by atoms with Crippen LogP contribution >= 0.6 is 11.9 Å². The smallest absolute Gasteiger partial charge is 0.338 e. The second kappa shape index (κ2) is 8.16. The molecule has 0 aliphatic rings. The van der Waals surface area contributed by atoms with E-state index in [1.807, 2.05) is 24.3 Å². The van der Waals surface area contributed by atoms with E-state index in [-0.39, 0.29) is 18.8 Å². The number of nitrogens with zero attached hydrogens (tertiary/aromatic N) is 1. The SMILES string of the molecule is NSc1ccc(COC(=O)c2ccccc2CO[N+](=O)[O-])cc1. The molecule has 7 nitrogen and oxygen atoms in total. The summed E-state index contributed by atoms with van der Waals surface area (Å²) in [5.74, 6) is -0.565. The molecule has 0 amide bonds. The predicted octanol–water partition coefficient (Wildman–Crippen LogP) is 2.72. The van der Waals surface area contributed by atoms with E-state index in [1.165, 1.54) is 6.07 Å². The van der Waals surface area contributed by atoms with Crippen molar-refractivity contribution in [2.75, 3.05) is 0 Å². The molecule has 0 heterocycles. The Kier molecular flexibility index (Phi) is 5.95. The Morgan fingerprint density at radius 3 is 2.48 bits per heavy atom. The summed E-state index contributed by atoms with van der Waals surface area (Å²) in [4.78, 5) is 27.6. The van der Waals surface area contributed by atoms with Crippen LogP contribution in [-0.4, -0.2) is 11.1 Å². The standard InChI is InChI=1S/C15H14N2O5S/c16-23-13-7-5-11(6-8-13)9-21-15(18)14-4-2-1-3-12(14)10-22-17(19)20/h1-8H,9-10,16H2. The van der Waals surface area contributed by atoms with E-state index in [2.05, 4.69) is 4.84 Å². The van der Waals surface area contributed by atoms with Gasteiger partial charge in [0.15, 0.2) is 0 Å². The zero-order valence-electron chi connectivity index (χ0n) is 12.0. The first-order valence-corrected chi connectivity index (χ1v) is 7.46. The van der Waals surface area contributed by atoms with Gasteiger partial charge in [0.1, 0.15) is 13.2 Å². The summed E-state index contributed by atoms with van der Waals surface area (Å²) in [6.07, 6.45) is 0. The molecule has 0 fully saturated rings. The van der Waals surface area contributed by atoms with Gasteiger partial charge in [0.2, 0.25) is 0 Å². The van der Waals surface area contributed by atoms with Gasteiger partial charge in [-0.15, -0.1) is 10.1 Å². The van der Waals surface area contributed by atoms with Crippen LogP contribution in [0.15, 0.2) is 53.4 Å². The minimum absolute atomic E-state index is 0.0960. The molecule has 0 unspecified atom stereocenters. The molecule has 0 spiro atoms. The maximum atomic E-state index is 12.1. The molecule has 0 saturated heterocycles. The van der Waals surface area contributed by atoms with Crippen molar-refractivity contribution in [3.8, 4) is 0 Å². The molecule has 23 heavy (non-hydrogen) atoms. The molecular weight excluding hydrogens is 320 g/mol. The van der Waals surface area contributed by atoms with Crippen LogP contribution in [0, 0.1) is 10.1 Å². The average molecular weight is 334 g/mol. The minimum Gasteiger partial charge on any atom is -0.457 e. The van der Waals surface area contributed by atoms with Crippen molar-refractivity contribution in [1.82, 2.24) is 0 Å². The highest BCUT2D eigenvalue weighted by Gasteiger charge is 2.13. The van der Waals surface area contributed by atoms with Crippen LogP contribution in [0.4, 0.5) is 0 Å². The number of hydrogen-bond acceptors (Lipinski definition) is 7. The number of esters is 1. The van der Waals surface area contributed by atoms with Gasteiger partial charge < -0.3 is 9.57 Å². The molecule has 2 N–H and O–H groups in total. The van der Waals surface area contributed by atoms with E-state index >= 15 is 0 Å². The van der Waals surface area contributed by atoms with Gasteiger partial charge in [-0.25, -0.2) is 4.79 Å². The zero-order chi connectivity index (χ0) is 16.7. The molecule has 0 bridgehead atoms. The lowest BCUT2D eigenvalue weighted by atomic mass is 10.1. The molecule has 0 atom stereocenters. The van der Waals surface area contributed by atoms with Crippen LogP contribution in [-0.2, 0) is 22.8 Å². The molecular formula is C15H14N2O5S. The summed E-state index contributed by atoms with van der Waals surface area (Å²) in [6.45, 7) is -0.209. The van der Waals surface area contributed by atoms with E-state index in [4.69, 9.17) is 9.88 Å². The minimum atomic E-state index is -0.904. The molecule has 0 saturated carbocycles. The summed E-state index contributed by atoms with van der Waals surface area (Å²) in [5.41, 5.74) is 1.45. The second-order valence-electron chi connectivity index (χ2n) is 4.49. The number of rotatable bonds is 7. The van der Waals surface area contributed by atoms with Crippen molar-refractivity contribution in [2.45, 2.75) is 18.1 Å². The zero-order valence-corrected chi connectivity index (χ0v) is 12.8. The third-order valence-corrected chi connectivity index (χ3v) is 3.54. The topological polar surface area (TPSA) is 105 Å². The Morgan fingerprint density at radius 2 is 1.83 bits per heavy atom. The predicted molar refractivity (Wildman–Crippen MR) is 83.8 cm³/mol. The molecule has 0 aromatic heterocycles. The highest BCUT2D eigenvalue weighted by molar-refractivity contribution is 7.97. The summed E-state index contributed by atoms with van der Waals surface area (Å²) >= 11 is 1.13. The lowest BCUT2D eigenvalue weighted by Gasteiger charge is -2.09. The van der Waals surface area contributed by atoms with E-state index in [9.17, 15) is 14.9 Å². The maximum Gasteiger partial charge on any atom is 0.338 e. The third-order valence-electron chi connectivity index (χ3n) is 2.99. The van der Waals surface area contributed by atoms with E-state index in [1.54, 1.807) is 18.2 Å². The van der Waals surface area contributed by atoms with Gasteiger partial charge in [-0.1, -0.05) is 30.3 Å². The maximum absolute atomic E-state index is 12.1. The number of hydrogen-bond donors (Lipinski definition) is 1. The fraction of sp³-hybridized carbons (Fsp3) is 0.133. The Hall–Kier alpha value is -2.58. The van der Waals surface area contributed by atoms with Crippen LogP contribution in [0.25, 0.3) is 0 Å². The number of carbonyl (C=O) groups is 1. The van der Waals surface area contributed by atoms with Gasteiger partial charge in [0, 0.05) is 4.90 Å². The van der Waals surface area contributed by atoms with Crippen LogP contribution in [0.5, 0.6) is 0 Å². The third kappa shape index (κ3) is 4.97. The van der Waals surface area contributed by atoms with Gasteiger partial charge in [0.05, 0.1) is 5.56 Å². The van der Waals surface area contributed by atoms with E-state index in [0.717, 1.165) is 22.4 Å². The van der Waals surface area contributed by atoms with Gasteiger partial charge in [-0.05, 0) is 41.3 Å². The van der Waals surface area contributed by atoms with Gasteiger partial charge >= 0.3 is 5.97 Å². The normalized spacial score (nSPS) is 10.1. The van der Waals surface area contributed by atoms with Crippen LogP contribution in [0.2, 0.25) is 0 Å². The second-order valence-corrected chi connectivity index (χ2v) is 5.20. The van der Waals surface area contributed by atoms with Crippen molar-refractivity contribution >= 4 is 17.9 Å². The number of ether oxygens (including phenoxy) is 1. The van der Waals surface area contributed by atoms with Gasteiger partial charge in [-0.3, -0.25) is 5.14 Å². The summed E-state index contributed by atoms with van der Waals surface area (Å²) < 4.78 is 5.23. The monoisotopic (exact) mass is 334 g/mol. The molecule has 120 valence electrons. The molecule has 2 aromatic rings. The molecule has 0 aliphatic heterocycles. The Labute approximate surface area is 136 Å². The lowest BCUT2D eigenvalue weighted by Crippen LogP contribution is -2.10. The fourth-order valence-corrected chi connectivity index (χ4v) is 2.15. The van der Waals surface area contributed by atoms with Crippen LogP contribution in [0.3, 0.4) is 0 Å².